The lowest BCUT2D eigenvalue weighted by Crippen LogP contribution is -2.22. The van der Waals surface area contributed by atoms with Crippen molar-refractivity contribution in [1.29, 1.82) is 0 Å². The third kappa shape index (κ3) is 5.38. The molecule has 1 amide bonds. The van der Waals surface area contributed by atoms with Crippen LogP contribution in [-0.2, 0) is 14.3 Å². The Labute approximate surface area is 151 Å². The number of benzene rings is 1. The molecular formula is C17H23ClFNO3S. The van der Waals surface area contributed by atoms with Crippen molar-refractivity contribution in [2.45, 2.75) is 50.2 Å². The fourth-order valence-corrected chi connectivity index (χ4v) is 3.50. The lowest BCUT2D eigenvalue weighted by molar-refractivity contribution is -0.140. The van der Waals surface area contributed by atoms with Gasteiger partial charge < -0.3 is 10.1 Å². The van der Waals surface area contributed by atoms with Crippen molar-refractivity contribution in [3.05, 3.63) is 23.0 Å². The summed E-state index contributed by atoms with van der Waals surface area (Å²) in [6, 6.07) is 2.62. The number of thioether (sulfide) groups is 1. The number of hydrogen-bond acceptors (Lipinski definition) is 4. The topological polar surface area (TPSA) is 55.4 Å². The van der Waals surface area contributed by atoms with Gasteiger partial charge in [-0.1, -0.05) is 32.4 Å². The molecule has 0 aliphatic rings. The number of rotatable bonds is 8. The summed E-state index contributed by atoms with van der Waals surface area (Å²) >= 11 is 7.27. The molecule has 0 saturated carbocycles. The number of halogens is 2. The van der Waals surface area contributed by atoms with Gasteiger partial charge in [-0.25, -0.2) is 4.39 Å². The van der Waals surface area contributed by atoms with Gasteiger partial charge in [-0.05, 0) is 31.4 Å². The highest BCUT2D eigenvalue weighted by atomic mass is 35.5. The zero-order valence-corrected chi connectivity index (χ0v) is 15.9. The Bertz CT molecular complexity index is 593. The molecule has 24 heavy (non-hydrogen) atoms. The van der Waals surface area contributed by atoms with E-state index in [0.29, 0.717) is 24.2 Å². The molecule has 0 saturated heterocycles. The molecule has 1 atom stereocenters. The second kappa shape index (κ2) is 9.89. The molecule has 0 heterocycles. The summed E-state index contributed by atoms with van der Waals surface area (Å²) in [5.74, 6) is -1.37. The molecule has 1 rings (SSSR count). The minimum absolute atomic E-state index is 0.0681. The maximum Gasteiger partial charge on any atom is 0.319 e. The van der Waals surface area contributed by atoms with Gasteiger partial charge in [0.1, 0.15) is 11.1 Å². The summed E-state index contributed by atoms with van der Waals surface area (Å²) in [6.45, 7) is 5.67. The Kier molecular flexibility index (Phi) is 8.56. The van der Waals surface area contributed by atoms with Crippen LogP contribution in [0.25, 0.3) is 0 Å². The first-order chi connectivity index (χ1) is 11.4. The van der Waals surface area contributed by atoms with Crippen LogP contribution in [0.5, 0.6) is 0 Å². The van der Waals surface area contributed by atoms with E-state index in [4.69, 9.17) is 16.3 Å². The third-order valence-corrected chi connectivity index (χ3v) is 5.57. The van der Waals surface area contributed by atoms with Crippen molar-refractivity contribution < 1.29 is 18.7 Å². The van der Waals surface area contributed by atoms with Crippen molar-refractivity contribution in [1.82, 2.24) is 0 Å². The molecule has 1 aromatic rings. The van der Waals surface area contributed by atoms with Gasteiger partial charge in [-0.2, -0.15) is 0 Å². The van der Waals surface area contributed by atoms with Crippen LogP contribution in [0.4, 0.5) is 10.1 Å². The van der Waals surface area contributed by atoms with Crippen LogP contribution in [-0.4, -0.2) is 24.2 Å². The van der Waals surface area contributed by atoms with E-state index in [1.807, 2.05) is 20.8 Å². The minimum atomic E-state index is -0.602. The summed E-state index contributed by atoms with van der Waals surface area (Å²) in [7, 11) is 1.32. The zero-order valence-electron chi connectivity index (χ0n) is 14.3. The number of carbonyl (C=O) groups excluding carboxylic acids is 2. The Morgan fingerprint density at radius 1 is 1.25 bits per heavy atom. The van der Waals surface area contributed by atoms with Gasteiger partial charge in [-0.3, -0.25) is 9.59 Å². The van der Waals surface area contributed by atoms with Crippen LogP contribution in [0, 0.1) is 11.7 Å². The number of anilines is 1. The van der Waals surface area contributed by atoms with Crippen molar-refractivity contribution >= 4 is 40.9 Å². The molecule has 7 heteroatoms. The van der Waals surface area contributed by atoms with Gasteiger partial charge in [0, 0.05) is 10.8 Å². The van der Waals surface area contributed by atoms with Crippen LogP contribution in [0.3, 0.4) is 0 Å². The van der Waals surface area contributed by atoms with E-state index >= 15 is 0 Å². The third-order valence-electron chi connectivity index (χ3n) is 3.74. The molecule has 0 fully saturated rings. The summed E-state index contributed by atoms with van der Waals surface area (Å²) < 4.78 is 18.9. The number of carbonyl (C=O) groups is 2. The van der Waals surface area contributed by atoms with Gasteiger partial charge in [0.05, 0.1) is 17.8 Å². The van der Waals surface area contributed by atoms with Crippen molar-refractivity contribution in [3.63, 3.8) is 0 Å². The number of esters is 1. The molecule has 1 N–H and O–H groups in total. The van der Waals surface area contributed by atoms with Crippen molar-refractivity contribution in [2.24, 2.45) is 5.92 Å². The number of hydrogen-bond donors (Lipinski definition) is 1. The van der Waals surface area contributed by atoms with E-state index in [-0.39, 0.29) is 28.5 Å². The van der Waals surface area contributed by atoms with Crippen molar-refractivity contribution in [2.75, 3.05) is 12.4 Å². The maximum absolute atomic E-state index is 14.1. The molecule has 1 unspecified atom stereocenters. The first-order valence-corrected chi connectivity index (χ1v) is 9.17. The molecule has 0 aliphatic carbocycles. The predicted molar refractivity (Wildman–Crippen MR) is 96.1 cm³/mol. The number of methoxy groups -OCH3 is 1. The molecule has 4 nitrogen and oxygen atoms in total. The van der Waals surface area contributed by atoms with Crippen LogP contribution in [0.15, 0.2) is 17.0 Å². The Morgan fingerprint density at radius 2 is 1.88 bits per heavy atom. The largest absolute Gasteiger partial charge is 0.468 e. The first-order valence-electron chi connectivity index (χ1n) is 7.92. The highest BCUT2D eigenvalue weighted by Crippen LogP contribution is 2.36. The average Bonchev–Trinajstić information content (AvgIpc) is 2.56. The lowest BCUT2D eigenvalue weighted by atomic mass is 10.0. The SMILES string of the molecule is CCC(CC)C(=O)Nc1cc(SC(CC)C(=O)OC)c(Cl)cc1F. The smallest absolute Gasteiger partial charge is 0.319 e. The number of amides is 1. The van der Waals surface area contributed by atoms with E-state index in [9.17, 15) is 14.0 Å². The van der Waals surface area contributed by atoms with Gasteiger partial charge in [-0.15, -0.1) is 11.8 Å². The van der Waals surface area contributed by atoms with E-state index in [0.717, 1.165) is 6.07 Å². The fourth-order valence-electron chi connectivity index (χ4n) is 2.19. The van der Waals surface area contributed by atoms with Gasteiger partial charge >= 0.3 is 5.97 Å². The van der Waals surface area contributed by atoms with E-state index < -0.39 is 11.1 Å². The molecule has 0 spiro atoms. The Balaban J connectivity index is 3.04. The summed E-state index contributed by atoms with van der Waals surface area (Å²) in [4.78, 5) is 24.4. The molecular weight excluding hydrogens is 353 g/mol. The van der Waals surface area contributed by atoms with Crippen LogP contribution in [0.1, 0.15) is 40.0 Å². The highest BCUT2D eigenvalue weighted by molar-refractivity contribution is 8.00. The first kappa shape index (κ1) is 20.8. The van der Waals surface area contributed by atoms with Crippen LogP contribution >= 0.6 is 23.4 Å². The van der Waals surface area contributed by atoms with Gasteiger partial charge in [0.25, 0.3) is 0 Å². The predicted octanol–water partition coefficient (Wildman–Crippen LogP) is 4.90. The number of nitrogens with one attached hydrogen (secondary N) is 1. The highest BCUT2D eigenvalue weighted by Gasteiger charge is 2.22. The monoisotopic (exact) mass is 375 g/mol. The quantitative estimate of drug-likeness (QED) is 0.518. The van der Waals surface area contributed by atoms with E-state index in [1.165, 1.54) is 24.9 Å². The Morgan fingerprint density at radius 3 is 2.38 bits per heavy atom. The van der Waals surface area contributed by atoms with E-state index in [2.05, 4.69) is 5.32 Å². The molecule has 0 aromatic heterocycles. The van der Waals surface area contributed by atoms with Gasteiger partial charge in [0.2, 0.25) is 5.91 Å². The molecule has 0 aliphatic heterocycles. The fraction of sp³-hybridized carbons (Fsp3) is 0.529. The zero-order chi connectivity index (χ0) is 18.3. The Hall–Kier alpha value is -1.27. The summed E-state index contributed by atoms with van der Waals surface area (Å²) in [5, 5.41) is 2.36. The lowest BCUT2D eigenvalue weighted by Gasteiger charge is -2.16. The van der Waals surface area contributed by atoms with Crippen molar-refractivity contribution in [3.8, 4) is 0 Å². The number of ether oxygens (including phenoxy) is 1. The standard InChI is InChI=1S/C17H23ClFNO3S/c1-5-10(6-2)16(21)20-13-9-15(11(18)8-12(13)19)24-14(7-3)17(22)23-4/h8-10,14H,5-7H2,1-4H3,(H,20,21). The minimum Gasteiger partial charge on any atom is -0.468 e. The normalized spacial score (nSPS) is 12.1. The molecule has 0 radical (unpaired) electrons. The second-order valence-electron chi connectivity index (χ2n) is 5.30. The summed E-state index contributed by atoms with van der Waals surface area (Å²) in [5.41, 5.74) is 0.0681. The molecule has 134 valence electrons. The summed E-state index contributed by atoms with van der Waals surface area (Å²) in [6.07, 6.45) is 1.90. The van der Waals surface area contributed by atoms with Gasteiger partial charge in [0.15, 0.2) is 0 Å². The van der Waals surface area contributed by atoms with E-state index in [1.54, 1.807) is 0 Å². The van der Waals surface area contributed by atoms with Crippen LogP contribution < -0.4 is 5.32 Å². The molecule has 1 aromatic carbocycles. The second-order valence-corrected chi connectivity index (χ2v) is 6.95. The average molecular weight is 376 g/mol. The van der Waals surface area contributed by atoms with Crippen LogP contribution in [0.2, 0.25) is 5.02 Å². The maximum atomic E-state index is 14.1. The molecule has 0 bridgehead atoms.